The van der Waals surface area contributed by atoms with Gasteiger partial charge < -0.3 is 25.4 Å². The summed E-state index contributed by atoms with van der Waals surface area (Å²) < 4.78 is 11.6. The molecule has 0 radical (unpaired) electrons. The maximum Gasteiger partial charge on any atom is 0.245 e. The lowest BCUT2D eigenvalue weighted by molar-refractivity contribution is -0.135. The molecule has 1 spiro atoms. The van der Waals surface area contributed by atoms with E-state index in [9.17, 15) is 9.59 Å². The van der Waals surface area contributed by atoms with Crippen molar-refractivity contribution in [3.8, 4) is 11.5 Å². The number of anilines is 2. The normalized spacial score (nSPS) is 18.4. The molecule has 0 saturated heterocycles. The Balaban J connectivity index is 1.51. The molecule has 2 amide bonds. The molecule has 1 aromatic heterocycles. The van der Waals surface area contributed by atoms with Gasteiger partial charge in [-0.3, -0.25) is 9.59 Å². The molecular formula is C28H32ClN5O4. The van der Waals surface area contributed by atoms with E-state index in [0.717, 1.165) is 35.9 Å². The van der Waals surface area contributed by atoms with E-state index in [4.69, 9.17) is 21.1 Å². The lowest BCUT2D eigenvalue weighted by atomic mass is 9.80. The summed E-state index contributed by atoms with van der Waals surface area (Å²) in [4.78, 5) is 35.3. The van der Waals surface area contributed by atoms with Crippen LogP contribution in [0.1, 0.15) is 50.5 Å². The second-order valence-corrected chi connectivity index (χ2v) is 10.3. The van der Waals surface area contributed by atoms with Crippen molar-refractivity contribution in [2.75, 3.05) is 25.6 Å². The first-order chi connectivity index (χ1) is 18.5. The van der Waals surface area contributed by atoms with Gasteiger partial charge in [0.15, 0.2) is 11.5 Å². The number of hydrogen-bond acceptors (Lipinski definition) is 7. The summed E-state index contributed by atoms with van der Waals surface area (Å²) in [5.41, 5.74) is 1.47. The number of aryl methyl sites for hydroxylation is 1. The van der Waals surface area contributed by atoms with Crippen molar-refractivity contribution < 1.29 is 19.1 Å². The first-order valence-corrected chi connectivity index (χ1v) is 13.5. The van der Waals surface area contributed by atoms with E-state index in [1.807, 2.05) is 24.3 Å². The average molecular weight is 538 g/mol. The van der Waals surface area contributed by atoms with Crippen LogP contribution in [0.25, 0.3) is 10.9 Å². The van der Waals surface area contributed by atoms with E-state index in [0.29, 0.717) is 66.7 Å². The number of nitrogens with one attached hydrogen (secondary N) is 3. The summed E-state index contributed by atoms with van der Waals surface area (Å²) in [6.07, 6.45) is 6.96. The molecule has 3 aromatic rings. The molecule has 9 nitrogen and oxygen atoms in total. The van der Waals surface area contributed by atoms with Gasteiger partial charge in [0.2, 0.25) is 11.8 Å². The van der Waals surface area contributed by atoms with Crippen LogP contribution in [-0.4, -0.2) is 47.6 Å². The lowest BCUT2D eigenvalue weighted by Gasteiger charge is -2.36. The summed E-state index contributed by atoms with van der Waals surface area (Å²) in [7, 11) is 1.59. The molecule has 3 N–H and O–H groups in total. The summed E-state index contributed by atoms with van der Waals surface area (Å²) in [5, 5.41) is 10.8. The van der Waals surface area contributed by atoms with E-state index < -0.39 is 5.54 Å². The Morgan fingerprint density at radius 3 is 2.68 bits per heavy atom. The number of carbonyl (C=O) groups excluding carboxylic acids is 2. The highest BCUT2D eigenvalue weighted by Gasteiger charge is 2.40. The van der Waals surface area contributed by atoms with Crippen molar-refractivity contribution in [3.63, 3.8) is 0 Å². The third-order valence-electron chi connectivity index (χ3n) is 7.25. The summed E-state index contributed by atoms with van der Waals surface area (Å²) in [6, 6.07) is 9.19. The monoisotopic (exact) mass is 537 g/mol. The minimum atomic E-state index is -0.868. The minimum Gasteiger partial charge on any atom is -0.493 e. The van der Waals surface area contributed by atoms with Crippen LogP contribution in [0, 0.1) is 0 Å². The average Bonchev–Trinajstić information content (AvgIpc) is 2.92. The standard InChI is InChI=1S/C28H32ClN5O4/c1-37-23-16-22-20-15-24(23)38-13-5-12-30-27(36)28(10-3-2-4-11-28)34-25(35)9-7-18-6-8-19(29)14-21(18)33-26(20)32-17-31-22/h6,8,14-17H,2-5,7,9-13H2,1H3,(H,30,36)(H,34,35)(H,31,32,33). The van der Waals surface area contributed by atoms with Gasteiger partial charge in [-0.1, -0.05) is 36.9 Å². The molecule has 2 aromatic carbocycles. The quantitative estimate of drug-likeness (QED) is 0.412. The topological polar surface area (TPSA) is 114 Å². The molecule has 2 heterocycles. The molecule has 0 atom stereocenters. The third-order valence-corrected chi connectivity index (χ3v) is 7.49. The van der Waals surface area contributed by atoms with Crippen LogP contribution < -0.4 is 25.4 Å². The van der Waals surface area contributed by atoms with Crippen molar-refractivity contribution in [2.45, 2.75) is 56.9 Å². The zero-order valence-electron chi connectivity index (χ0n) is 21.4. The van der Waals surface area contributed by atoms with Crippen LogP contribution >= 0.6 is 11.6 Å². The zero-order chi connectivity index (χ0) is 26.5. The molecule has 5 rings (SSSR count). The molecule has 0 unspecified atom stereocenters. The predicted molar refractivity (Wildman–Crippen MR) is 146 cm³/mol. The van der Waals surface area contributed by atoms with Gasteiger partial charge in [-0.05, 0) is 49.4 Å². The van der Waals surface area contributed by atoms with Crippen molar-refractivity contribution >= 4 is 45.8 Å². The third kappa shape index (κ3) is 5.62. The fourth-order valence-corrected chi connectivity index (χ4v) is 5.39. The fraction of sp³-hybridized carbons (Fsp3) is 0.429. The van der Waals surface area contributed by atoms with Gasteiger partial charge in [-0.15, -0.1) is 0 Å². The van der Waals surface area contributed by atoms with Gasteiger partial charge in [0, 0.05) is 35.1 Å². The van der Waals surface area contributed by atoms with Gasteiger partial charge in [0.25, 0.3) is 0 Å². The van der Waals surface area contributed by atoms with Gasteiger partial charge in [-0.2, -0.15) is 0 Å². The fourth-order valence-electron chi connectivity index (χ4n) is 5.21. The van der Waals surface area contributed by atoms with E-state index in [2.05, 4.69) is 25.9 Å². The Kier molecular flexibility index (Phi) is 7.83. The van der Waals surface area contributed by atoms with Crippen molar-refractivity contribution in [1.29, 1.82) is 0 Å². The molecule has 1 aliphatic carbocycles. The number of aromatic nitrogens is 2. The van der Waals surface area contributed by atoms with Crippen LogP contribution in [-0.2, 0) is 16.0 Å². The molecule has 1 saturated carbocycles. The van der Waals surface area contributed by atoms with Crippen LogP contribution in [0.3, 0.4) is 0 Å². The molecule has 38 heavy (non-hydrogen) atoms. The largest absolute Gasteiger partial charge is 0.493 e. The van der Waals surface area contributed by atoms with Gasteiger partial charge in [-0.25, -0.2) is 9.97 Å². The highest BCUT2D eigenvalue weighted by atomic mass is 35.5. The summed E-state index contributed by atoms with van der Waals surface area (Å²) in [6.45, 7) is 0.812. The van der Waals surface area contributed by atoms with Gasteiger partial charge in [0.1, 0.15) is 17.7 Å². The Morgan fingerprint density at radius 1 is 1.03 bits per heavy atom. The second-order valence-electron chi connectivity index (χ2n) is 9.82. The number of amides is 2. The number of hydrogen-bond donors (Lipinski definition) is 3. The Bertz CT molecular complexity index is 1340. The first-order valence-electron chi connectivity index (χ1n) is 13.1. The summed E-state index contributed by atoms with van der Waals surface area (Å²) in [5.74, 6) is 1.45. The van der Waals surface area contributed by atoms with Crippen molar-refractivity contribution in [1.82, 2.24) is 20.6 Å². The van der Waals surface area contributed by atoms with Crippen LogP contribution in [0.15, 0.2) is 36.7 Å². The molecule has 1 fully saturated rings. The maximum atomic E-state index is 13.3. The molecule has 2 bridgehead atoms. The number of rotatable bonds is 1. The highest BCUT2D eigenvalue weighted by molar-refractivity contribution is 6.30. The van der Waals surface area contributed by atoms with Gasteiger partial charge in [0.05, 0.1) is 19.2 Å². The number of halogens is 1. The molecule has 2 aliphatic rings. The van der Waals surface area contributed by atoms with Crippen molar-refractivity contribution in [2.24, 2.45) is 0 Å². The summed E-state index contributed by atoms with van der Waals surface area (Å²) >= 11 is 6.34. The van der Waals surface area contributed by atoms with Crippen LogP contribution in [0.4, 0.5) is 11.5 Å². The van der Waals surface area contributed by atoms with Gasteiger partial charge >= 0.3 is 0 Å². The molecule has 200 valence electrons. The molecule has 10 heteroatoms. The van der Waals surface area contributed by atoms with Crippen LogP contribution in [0.5, 0.6) is 11.5 Å². The first kappa shape index (κ1) is 26.0. The SMILES string of the molecule is COc1cc2ncnc3c2cc1OCCCNC(=O)C1(CCCCC1)NC(=O)CCc1ccc(Cl)cc1N3. The Hall–Kier alpha value is -3.59. The number of methoxy groups -OCH3 is 1. The zero-order valence-corrected chi connectivity index (χ0v) is 22.2. The Labute approximate surface area is 226 Å². The maximum absolute atomic E-state index is 13.3. The number of ether oxygens (including phenoxy) is 2. The Morgan fingerprint density at radius 2 is 1.87 bits per heavy atom. The van der Waals surface area contributed by atoms with E-state index in [1.54, 1.807) is 13.2 Å². The number of fused-ring (bicyclic) bond motifs is 2. The van der Waals surface area contributed by atoms with E-state index in [-0.39, 0.29) is 18.2 Å². The lowest BCUT2D eigenvalue weighted by Crippen LogP contribution is -2.59. The number of benzene rings is 2. The number of nitrogens with zero attached hydrogens (tertiary/aromatic N) is 2. The predicted octanol–water partition coefficient (Wildman–Crippen LogP) is 4.69. The highest BCUT2D eigenvalue weighted by Crippen LogP contribution is 2.36. The molecular weight excluding hydrogens is 506 g/mol. The van der Waals surface area contributed by atoms with Crippen molar-refractivity contribution in [3.05, 3.63) is 47.2 Å². The minimum absolute atomic E-state index is 0.120. The smallest absolute Gasteiger partial charge is 0.245 e. The molecule has 1 aliphatic heterocycles. The van der Waals surface area contributed by atoms with E-state index >= 15 is 0 Å². The second kappa shape index (κ2) is 11.4. The number of carbonyl (C=O) groups is 2. The van der Waals surface area contributed by atoms with E-state index in [1.165, 1.54) is 6.33 Å². The van der Waals surface area contributed by atoms with Crippen LogP contribution in [0.2, 0.25) is 5.02 Å².